The Hall–Kier alpha value is -3.16. The molecule has 0 atom stereocenters. The number of carbonyl (C=O) groups is 1. The van der Waals surface area contributed by atoms with Crippen molar-refractivity contribution in [1.29, 1.82) is 0 Å². The Labute approximate surface area is 162 Å². The van der Waals surface area contributed by atoms with Crippen molar-refractivity contribution in [2.45, 2.75) is 38.5 Å². The average molecular weight is 380 g/mol. The van der Waals surface area contributed by atoms with Crippen molar-refractivity contribution in [2.24, 2.45) is 11.7 Å². The molecule has 1 aliphatic rings. The maximum Gasteiger partial charge on any atom is 0.247 e. The molecule has 1 aromatic carbocycles. The van der Waals surface area contributed by atoms with Crippen LogP contribution in [0.4, 0.5) is 11.6 Å². The van der Waals surface area contributed by atoms with E-state index in [-0.39, 0.29) is 12.3 Å². The van der Waals surface area contributed by atoms with E-state index in [1.807, 2.05) is 24.3 Å². The molecule has 0 radical (unpaired) electrons. The van der Waals surface area contributed by atoms with Gasteiger partial charge in [-0.05, 0) is 36.5 Å². The van der Waals surface area contributed by atoms with Crippen LogP contribution in [0.15, 0.2) is 30.6 Å². The molecule has 4 rings (SSSR count). The second-order valence-electron chi connectivity index (χ2n) is 7.23. The topological polar surface area (TPSA) is 119 Å². The molecule has 2 heterocycles. The molecule has 146 valence electrons. The summed E-state index contributed by atoms with van der Waals surface area (Å²) in [6.07, 6.45) is 8.09. The number of aromatic amines is 1. The Bertz CT molecular complexity index is 947. The van der Waals surface area contributed by atoms with Gasteiger partial charge in [0.25, 0.3) is 0 Å². The lowest BCUT2D eigenvalue weighted by molar-refractivity contribution is -0.117. The summed E-state index contributed by atoms with van der Waals surface area (Å²) in [6.45, 7) is 0.653. The summed E-state index contributed by atoms with van der Waals surface area (Å²) in [5.74, 6) is 1.14. The van der Waals surface area contributed by atoms with Crippen LogP contribution in [0, 0.1) is 5.92 Å². The lowest BCUT2D eigenvalue weighted by atomic mass is 9.90. The first-order valence-corrected chi connectivity index (χ1v) is 9.65. The number of fused-ring (bicyclic) bond motifs is 1. The highest BCUT2D eigenvalue weighted by Crippen LogP contribution is 2.27. The zero-order valence-corrected chi connectivity index (χ0v) is 15.6. The zero-order chi connectivity index (χ0) is 19.3. The van der Waals surface area contributed by atoms with E-state index in [4.69, 9.17) is 10.5 Å². The van der Waals surface area contributed by atoms with E-state index >= 15 is 0 Å². The van der Waals surface area contributed by atoms with Crippen molar-refractivity contribution in [3.05, 3.63) is 36.2 Å². The molecular weight excluding hydrogens is 356 g/mol. The summed E-state index contributed by atoms with van der Waals surface area (Å²) in [7, 11) is 0. The smallest absolute Gasteiger partial charge is 0.247 e. The lowest BCUT2D eigenvalue weighted by Gasteiger charge is -2.21. The molecule has 0 spiro atoms. The first-order valence-electron chi connectivity index (χ1n) is 9.65. The molecule has 0 unspecified atom stereocenters. The Morgan fingerprint density at radius 2 is 1.96 bits per heavy atom. The predicted molar refractivity (Wildman–Crippen MR) is 106 cm³/mol. The maximum absolute atomic E-state index is 11.0. The third-order valence-electron chi connectivity index (χ3n) is 5.02. The number of ether oxygens (including phenoxy) is 1. The largest absolute Gasteiger partial charge is 0.476 e. The first-order chi connectivity index (χ1) is 13.7. The maximum atomic E-state index is 11.0. The van der Waals surface area contributed by atoms with Crippen LogP contribution >= 0.6 is 0 Å². The molecule has 1 aliphatic carbocycles. The van der Waals surface area contributed by atoms with E-state index in [0.29, 0.717) is 35.5 Å². The third-order valence-corrected chi connectivity index (χ3v) is 5.02. The third kappa shape index (κ3) is 4.39. The number of carbonyl (C=O) groups excluding carboxylic acids is 1. The standard InChI is InChI=1S/C20H24N6O2/c21-16(27)10-13-6-8-15(9-7-13)24-20-25-18-17(22-12-23-18)19(26-20)28-11-14-4-2-1-3-5-14/h6-9,12,14H,1-5,10-11H2,(H2,21,27)(H2,22,23,24,25,26). The van der Waals surface area contributed by atoms with Crippen molar-refractivity contribution in [1.82, 2.24) is 19.9 Å². The molecule has 28 heavy (non-hydrogen) atoms. The van der Waals surface area contributed by atoms with Gasteiger partial charge in [0.2, 0.25) is 17.7 Å². The molecule has 0 saturated heterocycles. The van der Waals surface area contributed by atoms with Gasteiger partial charge in [-0.2, -0.15) is 9.97 Å². The van der Waals surface area contributed by atoms with E-state index in [2.05, 4.69) is 25.3 Å². The molecule has 0 aliphatic heterocycles. The summed E-state index contributed by atoms with van der Waals surface area (Å²) in [4.78, 5) is 27.3. The molecular formula is C20H24N6O2. The SMILES string of the molecule is NC(=O)Cc1ccc(Nc2nc(OCC3CCCCC3)c3nc[nH]c3n2)cc1. The average Bonchev–Trinajstić information content (AvgIpc) is 3.17. The quantitative estimate of drug-likeness (QED) is 0.579. The molecule has 1 amide bonds. The molecule has 2 aromatic heterocycles. The van der Waals surface area contributed by atoms with Crippen molar-refractivity contribution < 1.29 is 9.53 Å². The number of H-pyrrole nitrogens is 1. The highest BCUT2D eigenvalue weighted by atomic mass is 16.5. The van der Waals surface area contributed by atoms with Gasteiger partial charge in [-0.15, -0.1) is 0 Å². The Morgan fingerprint density at radius 1 is 1.18 bits per heavy atom. The number of hydrogen-bond donors (Lipinski definition) is 3. The van der Waals surface area contributed by atoms with Crippen LogP contribution in [0.3, 0.4) is 0 Å². The van der Waals surface area contributed by atoms with Crippen LogP contribution in [0.5, 0.6) is 5.88 Å². The normalized spacial score (nSPS) is 14.9. The van der Waals surface area contributed by atoms with Crippen LogP contribution < -0.4 is 15.8 Å². The van der Waals surface area contributed by atoms with Gasteiger partial charge in [-0.25, -0.2) is 4.98 Å². The van der Waals surface area contributed by atoms with Gasteiger partial charge in [-0.1, -0.05) is 31.4 Å². The van der Waals surface area contributed by atoms with Gasteiger partial charge in [-0.3, -0.25) is 4.79 Å². The Kier molecular flexibility index (Phi) is 5.36. The summed E-state index contributed by atoms with van der Waals surface area (Å²) in [6, 6.07) is 7.42. The van der Waals surface area contributed by atoms with E-state index in [1.165, 1.54) is 32.1 Å². The minimum Gasteiger partial charge on any atom is -0.476 e. The first kappa shape index (κ1) is 18.2. The van der Waals surface area contributed by atoms with Crippen molar-refractivity contribution >= 4 is 28.7 Å². The number of hydrogen-bond acceptors (Lipinski definition) is 6. The molecule has 8 nitrogen and oxygen atoms in total. The number of nitrogens with zero attached hydrogens (tertiary/aromatic N) is 3. The van der Waals surface area contributed by atoms with Crippen LogP contribution in [-0.2, 0) is 11.2 Å². The minimum absolute atomic E-state index is 0.218. The fourth-order valence-corrected chi connectivity index (χ4v) is 3.55. The summed E-state index contributed by atoms with van der Waals surface area (Å²) < 4.78 is 6.03. The molecule has 1 saturated carbocycles. The van der Waals surface area contributed by atoms with Gasteiger partial charge in [0.15, 0.2) is 11.2 Å². The predicted octanol–water partition coefficient (Wildman–Crippen LogP) is 3.08. The van der Waals surface area contributed by atoms with Gasteiger partial charge in [0, 0.05) is 5.69 Å². The Balaban J connectivity index is 1.50. The number of amides is 1. The molecule has 4 N–H and O–H groups in total. The monoisotopic (exact) mass is 380 g/mol. The molecule has 0 bridgehead atoms. The summed E-state index contributed by atoms with van der Waals surface area (Å²) in [5.41, 5.74) is 8.16. The second kappa shape index (κ2) is 8.24. The number of primary amides is 1. The number of rotatable bonds is 7. The number of aromatic nitrogens is 4. The van der Waals surface area contributed by atoms with Crippen LogP contribution in [0.25, 0.3) is 11.2 Å². The van der Waals surface area contributed by atoms with E-state index in [0.717, 1.165) is 11.3 Å². The van der Waals surface area contributed by atoms with E-state index < -0.39 is 0 Å². The highest BCUT2D eigenvalue weighted by Gasteiger charge is 2.17. The number of nitrogens with two attached hydrogens (primary N) is 1. The minimum atomic E-state index is -0.353. The van der Waals surface area contributed by atoms with Gasteiger partial charge in [0.05, 0.1) is 19.4 Å². The van der Waals surface area contributed by atoms with Crippen molar-refractivity contribution in [3.63, 3.8) is 0 Å². The fourth-order valence-electron chi connectivity index (χ4n) is 3.55. The Morgan fingerprint density at radius 3 is 2.71 bits per heavy atom. The van der Waals surface area contributed by atoms with Gasteiger partial charge >= 0.3 is 0 Å². The second-order valence-corrected chi connectivity index (χ2v) is 7.23. The van der Waals surface area contributed by atoms with E-state index in [9.17, 15) is 4.79 Å². The number of anilines is 2. The highest BCUT2D eigenvalue weighted by molar-refractivity contribution is 5.78. The van der Waals surface area contributed by atoms with E-state index in [1.54, 1.807) is 6.33 Å². The number of benzene rings is 1. The number of nitrogens with one attached hydrogen (secondary N) is 2. The number of imidazole rings is 1. The van der Waals surface area contributed by atoms with Crippen LogP contribution in [-0.4, -0.2) is 32.4 Å². The lowest BCUT2D eigenvalue weighted by Crippen LogP contribution is -2.16. The molecule has 8 heteroatoms. The molecule has 1 fully saturated rings. The zero-order valence-electron chi connectivity index (χ0n) is 15.6. The van der Waals surface area contributed by atoms with Gasteiger partial charge < -0.3 is 20.8 Å². The van der Waals surface area contributed by atoms with Crippen LogP contribution in [0.1, 0.15) is 37.7 Å². The molecule has 3 aromatic rings. The summed E-state index contributed by atoms with van der Waals surface area (Å²) in [5, 5.41) is 3.18. The van der Waals surface area contributed by atoms with Crippen molar-refractivity contribution in [2.75, 3.05) is 11.9 Å². The van der Waals surface area contributed by atoms with Crippen molar-refractivity contribution in [3.8, 4) is 5.88 Å². The fraction of sp³-hybridized carbons (Fsp3) is 0.400. The van der Waals surface area contributed by atoms with Gasteiger partial charge in [0.1, 0.15) is 0 Å². The summed E-state index contributed by atoms with van der Waals surface area (Å²) >= 11 is 0. The van der Waals surface area contributed by atoms with Crippen LogP contribution in [0.2, 0.25) is 0 Å².